The average molecular weight is 375 g/mol. The molecule has 0 aliphatic carbocycles. The Kier molecular flexibility index (Phi) is 4.77. The molecule has 5 nitrogen and oxygen atoms in total. The number of rotatable bonds is 5. The van der Waals surface area contributed by atoms with E-state index in [1.54, 1.807) is 0 Å². The van der Waals surface area contributed by atoms with Gasteiger partial charge in [0.25, 0.3) is 0 Å². The maximum Gasteiger partial charge on any atom is 0.159 e. The molecular formula is C23H25N3O2. The van der Waals surface area contributed by atoms with Crippen molar-refractivity contribution in [3.8, 4) is 11.5 Å². The summed E-state index contributed by atoms with van der Waals surface area (Å²) in [6.07, 6.45) is -0.632. The van der Waals surface area contributed by atoms with Crippen LogP contribution in [0.3, 0.4) is 0 Å². The highest BCUT2D eigenvalue weighted by Gasteiger charge is 2.22. The predicted molar refractivity (Wildman–Crippen MR) is 110 cm³/mol. The van der Waals surface area contributed by atoms with Crippen LogP contribution in [0.1, 0.15) is 42.5 Å². The Labute approximate surface area is 164 Å². The summed E-state index contributed by atoms with van der Waals surface area (Å²) in [6, 6.07) is 16.0. The van der Waals surface area contributed by atoms with E-state index in [4.69, 9.17) is 14.5 Å². The number of aliphatic hydroxyl groups excluding tert-OH is 1. The van der Waals surface area contributed by atoms with E-state index in [1.807, 2.05) is 55.8 Å². The number of hydrogen-bond donors (Lipinski definition) is 1. The van der Waals surface area contributed by atoms with Gasteiger partial charge in [0.15, 0.2) is 11.4 Å². The van der Waals surface area contributed by atoms with Crippen LogP contribution >= 0.6 is 0 Å². The maximum atomic E-state index is 10.3. The van der Waals surface area contributed by atoms with Crippen LogP contribution in [-0.2, 0) is 6.54 Å². The molecule has 4 aromatic rings. The summed E-state index contributed by atoms with van der Waals surface area (Å²) in [4.78, 5) is 4.76. The van der Waals surface area contributed by atoms with Gasteiger partial charge >= 0.3 is 0 Å². The number of fused-ring (bicyclic) bond motifs is 1. The van der Waals surface area contributed by atoms with Crippen LogP contribution in [0.25, 0.3) is 22.5 Å². The number of aryl methyl sites for hydroxylation is 2. The summed E-state index contributed by atoms with van der Waals surface area (Å²) in [5.41, 5.74) is 4.84. The van der Waals surface area contributed by atoms with Gasteiger partial charge in [-0.25, -0.2) is 9.67 Å². The molecule has 5 heteroatoms. The second-order valence-electron chi connectivity index (χ2n) is 7.66. The summed E-state index contributed by atoms with van der Waals surface area (Å²) in [7, 11) is 0. The smallest absolute Gasteiger partial charge is 0.159 e. The average Bonchev–Trinajstić information content (AvgIpc) is 3.27. The lowest BCUT2D eigenvalue weighted by molar-refractivity contribution is 0.103. The van der Waals surface area contributed by atoms with Gasteiger partial charge in [0.1, 0.15) is 17.6 Å². The Morgan fingerprint density at radius 2 is 1.82 bits per heavy atom. The second-order valence-corrected chi connectivity index (χ2v) is 7.66. The van der Waals surface area contributed by atoms with Gasteiger partial charge in [-0.2, -0.15) is 5.10 Å². The molecule has 0 aliphatic rings. The predicted octanol–water partition coefficient (Wildman–Crippen LogP) is 5.05. The minimum absolute atomic E-state index is 0.0810. The van der Waals surface area contributed by atoms with Gasteiger partial charge in [-0.15, -0.1) is 0 Å². The Bertz CT molecular complexity index is 1110. The number of furan rings is 1. The summed E-state index contributed by atoms with van der Waals surface area (Å²) >= 11 is 0. The third-order valence-corrected chi connectivity index (χ3v) is 4.99. The third-order valence-electron chi connectivity index (χ3n) is 4.99. The molecule has 0 radical (unpaired) electrons. The van der Waals surface area contributed by atoms with Crippen molar-refractivity contribution in [2.24, 2.45) is 5.92 Å². The zero-order valence-corrected chi connectivity index (χ0v) is 16.7. The molecule has 144 valence electrons. The Morgan fingerprint density at radius 3 is 2.54 bits per heavy atom. The third kappa shape index (κ3) is 3.34. The molecule has 0 saturated heterocycles. The fraction of sp³-hybridized carbons (Fsp3) is 0.304. The molecular weight excluding hydrogens is 350 g/mol. The largest absolute Gasteiger partial charge is 0.457 e. The lowest BCUT2D eigenvalue weighted by Gasteiger charge is -2.10. The molecule has 28 heavy (non-hydrogen) atoms. The number of nitrogens with zero attached hydrogens (tertiary/aromatic N) is 3. The molecule has 4 rings (SSSR count). The Balaban J connectivity index is 1.85. The molecule has 0 saturated carbocycles. The van der Waals surface area contributed by atoms with Crippen molar-refractivity contribution in [3.05, 3.63) is 71.1 Å². The summed E-state index contributed by atoms with van der Waals surface area (Å²) < 4.78 is 7.93. The molecule has 3 heterocycles. The van der Waals surface area contributed by atoms with Gasteiger partial charge in [0, 0.05) is 5.69 Å². The Hall–Kier alpha value is -2.92. The molecule has 0 fully saturated rings. The topological polar surface area (TPSA) is 64.1 Å². The van der Waals surface area contributed by atoms with E-state index in [0.29, 0.717) is 18.1 Å². The van der Waals surface area contributed by atoms with Gasteiger partial charge in [-0.05, 0) is 49.1 Å². The monoisotopic (exact) mass is 375 g/mol. The van der Waals surface area contributed by atoms with Crippen molar-refractivity contribution in [1.82, 2.24) is 14.8 Å². The zero-order valence-electron chi connectivity index (χ0n) is 16.7. The number of aromatic nitrogens is 3. The van der Waals surface area contributed by atoms with Crippen LogP contribution in [0.2, 0.25) is 0 Å². The fourth-order valence-electron chi connectivity index (χ4n) is 3.52. The molecule has 0 bridgehead atoms. The molecule has 0 spiro atoms. The van der Waals surface area contributed by atoms with E-state index in [9.17, 15) is 5.11 Å². The van der Waals surface area contributed by atoms with Crippen molar-refractivity contribution < 1.29 is 9.52 Å². The number of pyridine rings is 1. The summed E-state index contributed by atoms with van der Waals surface area (Å²) in [6.45, 7) is 8.63. The molecule has 0 amide bonds. The van der Waals surface area contributed by atoms with Crippen molar-refractivity contribution >= 4 is 11.0 Å². The van der Waals surface area contributed by atoms with Crippen LogP contribution in [0.15, 0.2) is 52.9 Å². The van der Waals surface area contributed by atoms with Gasteiger partial charge < -0.3 is 9.52 Å². The van der Waals surface area contributed by atoms with Gasteiger partial charge in [0.2, 0.25) is 0 Å². The summed E-state index contributed by atoms with van der Waals surface area (Å²) in [5, 5.41) is 16.2. The van der Waals surface area contributed by atoms with Crippen molar-refractivity contribution in [3.63, 3.8) is 0 Å². The van der Waals surface area contributed by atoms with Gasteiger partial charge in [-0.1, -0.05) is 44.2 Å². The highest BCUT2D eigenvalue weighted by atomic mass is 16.4. The van der Waals surface area contributed by atoms with E-state index < -0.39 is 6.10 Å². The van der Waals surface area contributed by atoms with Crippen molar-refractivity contribution in [2.45, 2.75) is 40.3 Å². The van der Waals surface area contributed by atoms with E-state index >= 15 is 0 Å². The van der Waals surface area contributed by atoms with E-state index in [1.165, 1.54) is 0 Å². The fourth-order valence-corrected chi connectivity index (χ4v) is 3.52. The maximum absolute atomic E-state index is 10.3. The lowest BCUT2D eigenvalue weighted by Crippen LogP contribution is -2.03. The standard InChI is InChI=1S/C23H25N3O2/c1-14(2)22(27)19-11-10-18(28-19)21-20-15(3)12-16(4)24-23(20)26(25-21)13-17-8-6-5-7-9-17/h5-12,14,22,27H,13H2,1-4H3. The van der Waals surface area contributed by atoms with Crippen molar-refractivity contribution in [2.75, 3.05) is 0 Å². The first-order chi connectivity index (χ1) is 13.4. The minimum atomic E-state index is -0.632. The lowest BCUT2D eigenvalue weighted by atomic mass is 10.1. The van der Waals surface area contributed by atoms with Crippen LogP contribution in [0, 0.1) is 19.8 Å². The molecule has 1 N–H and O–H groups in total. The van der Waals surface area contributed by atoms with Gasteiger partial charge in [-0.3, -0.25) is 0 Å². The van der Waals surface area contributed by atoms with Gasteiger partial charge in [0.05, 0.1) is 11.9 Å². The SMILES string of the molecule is Cc1cc(C)c2c(-c3ccc(C(O)C(C)C)o3)nn(Cc3ccccc3)c2n1. The van der Waals surface area contributed by atoms with E-state index in [2.05, 4.69) is 25.1 Å². The minimum Gasteiger partial charge on any atom is -0.457 e. The highest BCUT2D eigenvalue weighted by molar-refractivity contribution is 5.92. The quantitative estimate of drug-likeness (QED) is 0.530. The van der Waals surface area contributed by atoms with Crippen LogP contribution in [0.4, 0.5) is 0 Å². The molecule has 1 aromatic carbocycles. The zero-order chi connectivity index (χ0) is 19.8. The number of hydrogen-bond acceptors (Lipinski definition) is 4. The normalized spacial score (nSPS) is 12.8. The highest BCUT2D eigenvalue weighted by Crippen LogP contribution is 2.34. The number of benzene rings is 1. The molecule has 1 atom stereocenters. The van der Waals surface area contributed by atoms with Crippen LogP contribution in [0.5, 0.6) is 0 Å². The molecule has 0 aliphatic heterocycles. The van der Waals surface area contributed by atoms with Crippen LogP contribution in [-0.4, -0.2) is 19.9 Å². The molecule has 1 unspecified atom stereocenters. The summed E-state index contributed by atoms with van der Waals surface area (Å²) in [5.74, 6) is 1.30. The second kappa shape index (κ2) is 7.24. The first kappa shape index (κ1) is 18.4. The number of aliphatic hydroxyl groups is 1. The molecule has 3 aromatic heterocycles. The first-order valence-corrected chi connectivity index (χ1v) is 9.61. The van der Waals surface area contributed by atoms with E-state index in [-0.39, 0.29) is 5.92 Å². The first-order valence-electron chi connectivity index (χ1n) is 9.61. The van der Waals surface area contributed by atoms with Crippen LogP contribution < -0.4 is 0 Å². The van der Waals surface area contributed by atoms with E-state index in [0.717, 1.165) is 33.5 Å². The Morgan fingerprint density at radius 1 is 1.07 bits per heavy atom. The van der Waals surface area contributed by atoms with Crippen molar-refractivity contribution in [1.29, 1.82) is 0 Å².